The lowest BCUT2D eigenvalue weighted by Crippen LogP contribution is -2.24. The molecular weight excluding hydrogens is 313 g/mol. The fourth-order valence-electron chi connectivity index (χ4n) is 2.44. The van der Waals surface area contributed by atoms with Gasteiger partial charge in [-0.05, 0) is 24.3 Å². The number of imidazole rings is 1. The number of nitrogens with zero attached hydrogens (tertiary/aromatic N) is 2. The van der Waals surface area contributed by atoms with E-state index in [1.54, 1.807) is 34.9 Å². The van der Waals surface area contributed by atoms with Crippen molar-refractivity contribution < 1.29 is 18.7 Å². The molecule has 7 heteroatoms. The van der Waals surface area contributed by atoms with Crippen LogP contribution in [0.1, 0.15) is 16.1 Å². The summed E-state index contributed by atoms with van der Waals surface area (Å²) in [5, 5.41) is 2.77. The molecule has 0 saturated carbocycles. The number of hydrogen-bond acceptors (Lipinski definition) is 4. The largest absolute Gasteiger partial charge is 0.496 e. The number of benzene rings is 1. The van der Waals surface area contributed by atoms with E-state index in [2.05, 4.69) is 10.3 Å². The Balaban J connectivity index is 1.80. The van der Waals surface area contributed by atoms with Crippen LogP contribution in [0.15, 0.2) is 42.7 Å². The van der Waals surface area contributed by atoms with Crippen LogP contribution in [0.4, 0.5) is 4.39 Å². The van der Waals surface area contributed by atoms with E-state index < -0.39 is 0 Å². The zero-order valence-corrected chi connectivity index (χ0v) is 13.2. The summed E-state index contributed by atoms with van der Waals surface area (Å²) >= 11 is 0. The minimum absolute atomic E-state index is 0.198. The van der Waals surface area contributed by atoms with Crippen LogP contribution in [0.25, 0.3) is 5.65 Å². The van der Waals surface area contributed by atoms with Gasteiger partial charge in [-0.15, -0.1) is 0 Å². The zero-order valence-electron chi connectivity index (χ0n) is 13.2. The Labute approximate surface area is 137 Å². The number of hydrogen-bond donors (Lipinski definition) is 1. The van der Waals surface area contributed by atoms with E-state index in [0.29, 0.717) is 28.4 Å². The van der Waals surface area contributed by atoms with Crippen LogP contribution >= 0.6 is 0 Å². The predicted octanol–water partition coefficient (Wildman–Crippen LogP) is 2.42. The first-order valence-electron chi connectivity index (χ1n) is 7.24. The average molecular weight is 329 g/mol. The number of nitrogens with one attached hydrogen (secondary N) is 1. The number of amides is 1. The van der Waals surface area contributed by atoms with E-state index in [0.717, 1.165) is 0 Å². The second-order valence-corrected chi connectivity index (χ2v) is 5.07. The molecule has 0 aliphatic rings. The van der Waals surface area contributed by atoms with Gasteiger partial charge in [0.1, 0.15) is 28.5 Å². The lowest BCUT2D eigenvalue weighted by atomic mass is 10.1. The molecule has 0 aliphatic carbocycles. The molecule has 1 aromatic carbocycles. The molecule has 3 aromatic rings. The monoisotopic (exact) mass is 329 g/mol. The maximum absolute atomic E-state index is 13.2. The highest BCUT2D eigenvalue weighted by Crippen LogP contribution is 2.28. The second-order valence-electron chi connectivity index (χ2n) is 5.07. The molecule has 1 amide bonds. The molecule has 24 heavy (non-hydrogen) atoms. The van der Waals surface area contributed by atoms with Gasteiger partial charge in [0, 0.05) is 12.4 Å². The third-order valence-electron chi connectivity index (χ3n) is 3.55. The van der Waals surface area contributed by atoms with E-state index in [9.17, 15) is 9.18 Å². The molecule has 6 nitrogen and oxygen atoms in total. The highest BCUT2D eigenvalue weighted by atomic mass is 19.1. The summed E-state index contributed by atoms with van der Waals surface area (Å²) in [6, 6.07) is 8.02. The van der Waals surface area contributed by atoms with Gasteiger partial charge in [0.2, 0.25) is 0 Å². The maximum atomic E-state index is 13.2. The summed E-state index contributed by atoms with van der Waals surface area (Å²) in [4.78, 5) is 16.8. The quantitative estimate of drug-likeness (QED) is 0.781. The Morgan fingerprint density at radius 3 is 2.54 bits per heavy atom. The van der Waals surface area contributed by atoms with Gasteiger partial charge in [-0.2, -0.15) is 0 Å². The van der Waals surface area contributed by atoms with Gasteiger partial charge < -0.3 is 19.2 Å². The number of halogens is 1. The molecule has 0 bridgehead atoms. The van der Waals surface area contributed by atoms with Crippen molar-refractivity contribution in [2.45, 2.75) is 6.54 Å². The highest BCUT2D eigenvalue weighted by molar-refractivity contribution is 5.99. The van der Waals surface area contributed by atoms with Crippen LogP contribution in [0.5, 0.6) is 11.5 Å². The molecule has 0 saturated heterocycles. The lowest BCUT2D eigenvalue weighted by Gasteiger charge is -2.12. The molecule has 0 unspecified atom stereocenters. The van der Waals surface area contributed by atoms with Gasteiger partial charge in [0.05, 0.1) is 26.5 Å². The van der Waals surface area contributed by atoms with Crippen LogP contribution in [0, 0.1) is 5.82 Å². The summed E-state index contributed by atoms with van der Waals surface area (Å²) in [5.41, 5.74) is 1.54. The molecule has 0 aliphatic heterocycles. The maximum Gasteiger partial charge on any atom is 0.259 e. The first-order valence-corrected chi connectivity index (χ1v) is 7.24. The molecule has 0 spiro atoms. The van der Waals surface area contributed by atoms with Gasteiger partial charge in [-0.1, -0.05) is 6.07 Å². The van der Waals surface area contributed by atoms with Crippen molar-refractivity contribution in [3.63, 3.8) is 0 Å². The zero-order chi connectivity index (χ0) is 17.1. The summed E-state index contributed by atoms with van der Waals surface area (Å²) in [6.07, 6.45) is 3.00. The molecule has 3 rings (SSSR count). The summed E-state index contributed by atoms with van der Waals surface area (Å²) in [6.45, 7) is 0.198. The number of methoxy groups -OCH3 is 2. The Bertz CT molecular complexity index is 870. The molecule has 2 heterocycles. The molecule has 2 aromatic heterocycles. The Morgan fingerprint density at radius 2 is 1.88 bits per heavy atom. The van der Waals surface area contributed by atoms with Crippen LogP contribution < -0.4 is 14.8 Å². The van der Waals surface area contributed by atoms with E-state index >= 15 is 0 Å². The number of carbonyl (C=O) groups is 1. The molecule has 0 radical (unpaired) electrons. The third kappa shape index (κ3) is 3.01. The van der Waals surface area contributed by atoms with E-state index in [1.165, 1.54) is 26.5 Å². The fraction of sp³-hybridized carbons (Fsp3) is 0.176. The van der Waals surface area contributed by atoms with Crippen LogP contribution in [0.3, 0.4) is 0 Å². The summed E-state index contributed by atoms with van der Waals surface area (Å²) in [7, 11) is 2.98. The molecule has 1 N–H and O–H groups in total. The van der Waals surface area contributed by atoms with E-state index in [1.807, 2.05) is 0 Å². The number of rotatable bonds is 5. The average Bonchev–Trinajstić information content (AvgIpc) is 3.00. The van der Waals surface area contributed by atoms with Gasteiger partial charge in [0.25, 0.3) is 5.91 Å². The van der Waals surface area contributed by atoms with E-state index in [4.69, 9.17) is 9.47 Å². The molecule has 0 atom stereocenters. The molecular formula is C17H16FN3O3. The fourth-order valence-corrected chi connectivity index (χ4v) is 2.44. The van der Waals surface area contributed by atoms with Crippen molar-refractivity contribution in [1.29, 1.82) is 0 Å². The van der Waals surface area contributed by atoms with Crippen molar-refractivity contribution in [2.24, 2.45) is 0 Å². The van der Waals surface area contributed by atoms with Crippen LogP contribution in [-0.4, -0.2) is 29.5 Å². The van der Waals surface area contributed by atoms with Gasteiger partial charge >= 0.3 is 0 Å². The van der Waals surface area contributed by atoms with Crippen molar-refractivity contribution in [2.75, 3.05) is 14.2 Å². The second kappa shape index (κ2) is 6.57. The Kier molecular flexibility index (Phi) is 4.33. The number of pyridine rings is 1. The number of aromatic nitrogens is 2. The smallest absolute Gasteiger partial charge is 0.259 e. The standard InChI is InChI=1S/C17H16FN3O3/c1-23-13-4-3-5-14(24-2)16(13)17(22)19-8-12-10-21-9-11(18)6-7-15(21)20-12/h3-7,9-10H,8H2,1-2H3,(H,19,22). The van der Waals surface area contributed by atoms with E-state index in [-0.39, 0.29) is 18.3 Å². The summed E-state index contributed by atoms with van der Waals surface area (Å²) < 4.78 is 25.2. The van der Waals surface area contributed by atoms with Crippen LogP contribution in [0.2, 0.25) is 0 Å². The predicted molar refractivity (Wildman–Crippen MR) is 85.9 cm³/mol. The van der Waals surface area contributed by atoms with Crippen molar-refractivity contribution in [1.82, 2.24) is 14.7 Å². The third-order valence-corrected chi connectivity index (χ3v) is 3.55. The summed E-state index contributed by atoms with van der Waals surface area (Å²) in [5.74, 6) is 0.148. The highest BCUT2D eigenvalue weighted by Gasteiger charge is 2.18. The SMILES string of the molecule is COc1cccc(OC)c1C(=O)NCc1cn2cc(F)ccc2n1. The van der Waals surface area contributed by atoms with Gasteiger partial charge in [-0.3, -0.25) is 4.79 Å². The van der Waals surface area contributed by atoms with Crippen molar-refractivity contribution in [3.8, 4) is 11.5 Å². The topological polar surface area (TPSA) is 64.9 Å². The van der Waals surface area contributed by atoms with Gasteiger partial charge in [0.15, 0.2) is 0 Å². The van der Waals surface area contributed by atoms with Crippen molar-refractivity contribution >= 4 is 11.6 Å². The molecule has 124 valence electrons. The normalized spacial score (nSPS) is 10.6. The number of carbonyl (C=O) groups excluding carboxylic acids is 1. The Morgan fingerprint density at radius 1 is 1.17 bits per heavy atom. The Hall–Kier alpha value is -3.09. The first-order chi connectivity index (χ1) is 11.6. The minimum atomic E-state index is -0.353. The molecule has 0 fully saturated rings. The lowest BCUT2D eigenvalue weighted by molar-refractivity contribution is 0.0944. The minimum Gasteiger partial charge on any atom is -0.496 e. The van der Waals surface area contributed by atoms with Crippen LogP contribution in [-0.2, 0) is 6.54 Å². The first kappa shape index (κ1) is 15.8. The van der Waals surface area contributed by atoms with Gasteiger partial charge in [-0.25, -0.2) is 9.37 Å². The number of fused-ring (bicyclic) bond motifs is 1. The number of ether oxygens (including phenoxy) is 2. The van der Waals surface area contributed by atoms with Crippen molar-refractivity contribution in [3.05, 3.63) is 59.8 Å².